The van der Waals surface area contributed by atoms with Crippen LogP contribution in [0.3, 0.4) is 0 Å². The summed E-state index contributed by atoms with van der Waals surface area (Å²) in [5.41, 5.74) is 1.25. The smallest absolute Gasteiger partial charge is 0.212 e. The molecule has 1 aromatic carbocycles. The minimum atomic E-state index is -0.453. The molecular formula is C22H30F2N2O. The van der Waals surface area contributed by atoms with Crippen LogP contribution < -0.4 is 4.74 Å². The molecule has 1 aliphatic carbocycles. The van der Waals surface area contributed by atoms with Crippen molar-refractivity contribution in [1.29, 1.82) is 0 Å². The molecule has 3 rings (SSSR count). The Morgan fingerprint density at radius 3 is 2.70 bits per heavy atom. The molecule has 0 unspecified atom stereocenters. The first-order chi connectivity index (χ1) is 13.2. The van der Waals surface area contributed by atoms with Crippen LogP contribution in [-0.2, 0) is 19.6 Å². The number of ether oxygens (including phenoxy) is 1. The van der Waals surface area contributed by atoms with Gasteiger partial charge in [-0.1, -0.05) is 39.0 Å². The average Bonchev–Trinajstić information content (AvgIpc) is 3.05. The average molecular weight is 376 g/mol. The third kappa shape index (κ3) is 5.78. The highest BCUT2D eigenvalue weighted by Crippen LogP contribution is 2.27. The first-order valence-corrected chi connectivity index (χ1v) is 10.3. The highest BCUT2D eigenvalue weighted by atomic mass is 19.1. The number of nitrogens with zero attached hydrogens (tertiary/aromatic N) is 2. The molecule has 1 heterocycles. The third-order valence-corrected chi connectivity index (χ3v) is 5.37. The molecule has 1 fully saturated rings. The lowest BCUT2D eigenvalue weighted by atomic mass is 9.89. The Morgan fingerprint density at radius 2 is 1.93 bits per heavy atom. The van der Waals surface area contributed by atoms with Gasteiger partial charge in [-0.2, -0.15) is 5.10 Å². The molecule has 1 aliphatic rings. The monoisotopic (exact) mass is 376 g/mol. The number of hydrogen-bond donors (Lipinski definition) is 0. The number of unbranched alkanes of at least 4 members (excludes halogenated alkanes) is 2. The summed E-state index contributed by atoms with van der Waals surface area (Å²) in [6, 6.07) is 5.43. The number of hydrogen-bond acceptors (Lipinski definition) is 2. The summed E-state index contributed by atoms with van der Waals surface area (Å²) >= 11 is 0. The van der Waals surface area contributed by atoms with Crippen LogP contribution in [0.1, 0.15) is 69.5 Å². The molecule has 0 saturated heterocycles. The molecule has 0 N–H and O–H groups in total. The zero-order chi connectivity index (χ0) is 19.1. The summed E-state index contributed by atoms with van der Waals surface area (Å²) in [6.07, 6.45) is 10.7. The Hall–Kier alpha value is -1.91. The number of aryl methyl sites for hydroxylation is 1. The minimum absolute atomic E-state index is 0.00829. The van der Waals surface area contributed by atoms with E-state index in [1.165, 1.54) is 51.0 Å². The van der Waals surface area contributed by atoms with Gasteiger partial charge in [-0.25, -0.2) is 13.5 Å². The van der Waals surface area contributed by atoms with Crippen LogP contribution in [-0.4, -0.2) is 9.78 Å². The van der Waals surface area contributed by atoms with E-state index in [2.05, 4.69) is 6.92 Å². The Morgan fingerprint density at radius 1 is 1.11 bits per heavy atom. The van der Waals surface area contributed by atoms with Gasteiger partial charge in [0.1, 0.15) is 18.2 Å². The summed E-state index contributed by atoms with van der Waals surface area (Å²) in [5.74, 6) is 0.384. The highest BCUT2D eigenvalue weighted by molar-refractivity contribution is 5.21. The summed E-state index contributed by atoms with van der Waals surface area (Å²) in [7, 11) is 0. The van der Waals surface area contributed by atoms with E-state index < -0.39 is 11.6 Å². The normalized spacial score (nSPS) is 15.2. The lowest BCUT2D eigenvalue weighted by molar-refractivity contribution is 0.242. The third-order valence-electron chi connectivity index (χ3n) is 5.37. The molecule has 2 aromatic rings. The predicted molar refractivity (Wildman–Crippen MR) is 103 cm³/mol. The molecule has 1 saturated carbocycles. The number of rotatable bonds is 9. The first-order valence-electron chi connectivity index (χ1n) is 10.3. The molecule has 148 valence electrons. The summed E-state index contributed by atoms with van der Waals surface area (Å²) in [5, 5.41) is 4.75. The van der Waals surface area contributed by atoms with E-state index in [0.29, 0.717) is 11.8 Å². The predicted octanol–water partition coefficient (Wildman–Crippen LogP) is 6.05. The van der Waals surface area contributed by atoms with Crippen LogP contribution in [0.2, 0.25) is 0 Å². The molecule has 0 aliphatic heterocycles. The van der Waals surface area contributed by atoms with Crippen molar-refractivity contribution >= 4 is 0 Å². The molecule has 5 heteroatoms. The van der Waals surface area contributed by atoms with E-state index in [-0.39, 0.29) is 12.2 Å². The maximum Gasteiger partial charge on any atom is 0.212 e. The van der Waals surface area contributed by atoms with Crippen LogP contribution in [0.4, 0.5) is 8.78 Å². The number of aromatic nitrogens is 2. The first kappa shape index (κ1) is 19.8. The van der Waals surface area contributed by atoms with Crippen molar-refractivity contribution in [2.24, 2.45) is 5.92 Å². The van der Waals surface area contributed by atoms with Gasteiger partial charge < -0.3 is 4.74 Å². The van der Waals surface area contributed by atoms with E-state index in [1.54, 1.807) is 0 Å². The molecule has 3 nitrogen and oxygen atoms in total. The van der Waals surface area contributed by atoms with Gasteiger partial charge in [0, 0.05) is 18.2 Å². The Bertz CT molecular complexity index is 723. The highest BCUT2D eigenvalue weighted by Gasteiger charge is 2.18. The molecule has 27 heavy (non-hydrogen) atoms. The van der Waals surface area contributed by atoms with E-state index in [0.717, 1.165) is 37.2 Å². The van der Waals surface area contributed by atoms with Gasteiger partial charge in [0.15, 0.2) is 0 Å². The van der Waals surface area contributed by atoms with Crippen molar-refractivity contribution in [1.82, 2.24) is 9.78 Å². The SMILES string of the molecule is CCCCCc1cc(OCc2cc(F)ccc2F)n(CC2CCCCC2)n1. The van der Waals surface area contributed by atoms with Crippen LogP contribution in [0.25, 0.3) is 0 Å². The largest absolute Gasteiger partial charge is 0.473 e. The molecule has 0 spiro atoms. The second-order valence-corrected chi connectivity index (χ2v) is 7.64. The minimum Gasteiger partial charge on any atom is -0.473 e. The maximum absolute atomic E-state index is 13.9. The fraction of sp³-hybridized carbons (Fsp3) is 0.591. The topological polar surface area (TPSA) is 27.1 Å². The number of benzene rings is 1. The van der Waals surface area contributed by atoms with E-state index in [1.807, 2.05) is 10.7 Å². The van der Waals surface area contributed by atoms with Crippen molar-refractivity contribution in [3.63, 3.8) is 0 Å². The zero-order valence-corrected chi connectivity index (χ0v) is 16.2. The Labute approximate surface area is 160 Å². The van der Waals surface area contributed by atoms with E-state index >= 15 is 0 Å². The lowest BCUT2D eigenvalue weighted by Crippen LogP contribution is -2.16. The van der Waals surface area contributed by atoms with Crippen molar-refractivity contribution in [2.45, 2.75) is 77.9 Å². The lowest BCUT2D eigenvalue weighted by Gasteiger charge is -2.22. The van der Waals surface area contributed by atoms with Gasteiger partial charge in [-0.3, -0.25) is 0 Å². The van der Waals surface area contributed by atoms with Gasteiger partial charge in [0.25, 0.3) is 0 Å². The molecule has 0 amide bonds. The molecule has 0 atom stereocenters. The zero-order valence-electron chi connectivity index (χ0n) is 16.2. The molecule has 1 aromatic heterocycles. The van der Waals surface area contributed by atoms with Gasteiger partial charge >= 0.3 is 0 Å². The van der Waals surface area contributed by atoms with Gasteiger partial charge in [-0.05, 0) is 49.8 Å². The fourth-order valence-electron chi connectivity index (χ4n) is 3.80. The van der Waals surface area contributed by atoms with Crippen LogP contribution in [0.15, 0.2) is 24.3 Å². The van der Waals surface area contributed by atoms with Crippen molar-refractivity contribution in [2.75, 3.05) is 0 Å². The second kappa shape index (κ2) is 9.86. The maximum atomic E-state index is 13.9. The van der Waals surface area contributed by atoms with Gasteiger partial charge in [0.05, 0.1) is 5.69 Å². The summed E-state index contributed by atoms with van der Waals surface area (Å²) in [4.78, 5) is 0. The molecule has 0 bridgehead atoms. The Balaban J connectivity index is 1.70. The Kier molecular flexibility index (Phi) is 7.25. The van der Waals surface area contributed by atoms with Crippen LogP contribution in [0.5, 0.6) is 5.88 Å². The summed E-state index contributed by atoms with van der Waals surface area (Å²) < 4.78 is 35.1. The van der Waals surface area contributed by atoms with Crippen LogP contribution >= 0.6 is 0 Å². The van der Waals surface area contributed by atoms with Gasteiger partial charge in [-0.15, -0.1) is 0 Å². The molecule has 0 radical (unpaired) electrons. The van der Waals surface area contributed by atoms with Crippen LogP contribution in [0, 0.1) is 17.6 Å². The quantitative estimate of drug-likeness (QED) is 0.498. The standard InChI is InChI=1S/C22H30F2N2O/c1-2-3-5-10-20-14-22(26(25-20)15-17-8-6-4-7-9-17)27-16-18-13-19(23)11-12-21(18)24/h11-14,17H,2-10,15-16H2,1H3. The van der Waals surface area contributed by atoms with E-state index in [4.69, 9.17) is 9.84 Å². The molecular weight excluding hydrogens is 346 g/mol. The second-order valence-electron chi connectivity index (χ2n) is 7.64. The number of halogens is 2. The summed E-state index contributed by atoms with van der Waals surface area (Å²) in [6.45, 7) is 3.03. The fourth-order valence-corrected chi connectivity index (χ4v) is 3.80. The van der Waals surface area contributed by atoms with Crippen molar-refractivity contribution in [3.05, 3.63) is 47.2 Å². The van der Waals surface area contributed by atoms with Crippen molar-refractivity contribution in [3.8, 4) is 5.88 Å². The van der Waals surface area contributed by atoms with Gasteiger partial charge in [0.2, 0.25) is 5.88 Å². The van der Waals surface area contributed by atoms with E-state index in [9.17, 15) is 8.78 Å². The van der Waals surface area contributed by atoms with Crippen molar-refractivity contribution < 1.29 is 13.5 Å².